The molecule has 3 fully saturated rings. The van der Waals surface area contributed by atoms with Crippen LogP contribution in [0.3, 0.4) is 0 Å². The zero-order valence-electron chi connectivity index (χ0n) is 6.76. The summed E-state index contributed by atoms with van der Waals surface area (Å²) in [7, 11) is 0. The fourth-order valence-corrected chi connectivity index (χ4v) is 2.24. The molecule has 3 heteroatoms. The fourth-order valence-electron chi connectivity index (χ4n) is 2.24. The Bertz CT molecular complexity index is 217. The highest BCUT2D eigenvalue weighted by molar-refractivity contribution is 5.81. The number of carboxylic acids is 1. The summed E-state index contributed by atoms with van der Waals surface area (Å²) >= 11 is 0. The molecule has 2 bridgehead atoms. The summed E-state index contributed by atoms with van der Waals surface area (Å²) in [6, 6.07) is 0. The van der Waals surface area contributed by atoms with Crippen LogP contribution in [0, 0.1) is 11.3 Å². The van der Waals surface area contributed by atoms with E-state index in [1.165, 1.54) is 0 Å². The maximum Gasteiger partial charge on any atom is 0.336 e. The summed E-state index contributed by atoms with van der Waals surface area (Å²) in [5, 5.41) is 8.92. The average Bonchev–Trinajstić information content (AvgIpc) is 2.40. The minimum atomic E-state index is -0.850. The van der Waals surface area contributed by atoms with Crippen LogP contribution in [0.5, 0.6) is 0 Å². The summed E-state index contributed by atoms with van der Waals surface area (Å²) in [5.74, 6) is -0.338. The number of hydrogen-bond acceptors (Lipinski definition) is 2. The second kappa shape index (κ2) is 1.61. The first-order valence-corrected chi connectivity index (χ1v) is 3.88. The van der Waals surface area contributed by atoms with Gasteiger partial charge < -0.3 is 9.84 Å². The van der Waals surface area contributed by atoms with E-state index in [9.17, 15) is 4.79 Å². The van der Waals surface area contributed by atoms with Crippen LogP contribution >= 0.6 is 0 Å². The van der Waals surface area contributed by atoms with Crippen LogP contribution in [0.1, 0.15) is 20.3 Å². The SMILES string of the molecule is CC1(C)C2COC1(C(=O)O)C2. The van der Waals surface area contributed by atoms with Crippen molar-refractivity contribution < 1.29 is 14.6 Å². The van der Waals surface area contributed by atoms with Crippen molar-refractivity contribution in [1.29, 1.82) is 0 Å². The van der Waals surface area contributed by atoms with Gasteiger partial charge in [-0.2, -0.15) is 0 Å². The number of carbonyl (C=O) groups is 1. The Hall–Kier alpha value is -0.570. The monoisotopic (exact) mass is 156 g/mol. The zero-order valence-corrected chi connectivity index (χ0v) is 6.76. The second-order valence-corrected chi connectivity index (χ2v) is 4.07. The van der Waals surface area contributed by atoms with Gasteiger partial charge >= 0.3 is 5.97 Å². The molecule has 1 saturated carbocycles. The molecule has 3 rings (SSSR count). The first-order chi connectivity index (χ1) is 5.01. The topological polar surface area (TPSA) is 46.5 Å². The molecule has 2 heterocycles. The Labute approximate surface area is 65.4 Å². The predicted octanol–water partition coefficient (Wildman–Crippen LogP) is 0.886. The average molecular weight is 156 g/mol. The van der Waals surface area contributed by atoms with Crippen molar-refractivity contribution in [2.45, 2.75) is 25.9 Å². The molecule has 0 spiro atoms. The molecule has 11 heavy (non-hydrogen) atoms. The Morgan fingerprint density at radius 2 is 2.27 bits per heavy atom. The van der Waals surface area contributed by atoms with Crippen LogP contribution < -0.4 is 0 Å². The second-order valence-electron chi connectivity index (χ2n) is 4.07. The van der Waals surface area contributed by atoms with E-state index in [-0.39, 0.29) is 5.41 Å². The van der Waals surface area contributed by atoms with Crippen LogP contribution in [-0.4, -0.2) is 23.3 Å². The summed E-state index contributed by atoms with van der Waals surface area (Å²) in [5.41, 5.74) is -1.00. The van der Waals surface area contributed by atoms with Crippen molar-refractivity contribution in [3.05, 3.63) is 0 Å². The molecule has 1 aliphatic carbocycles. The third-order valence-electron chi connectivity index (χ3n) is 3.47. The van der Waals surface area contributed by atoms with Crippen LogP contribution in [0.4, 0.5) is 0 Å². The molecule has 2 unspecified atom stereocenters. The van der Waals surface area contributed by atoms with E-state index in [2.05, 4.69) is 0 Å². The highest BCUT2D eigenvalue weighted by atomic mass is 16.5. The molecule has 62 valence electrons. The Kier molecular flexibility index (Phi) is 1.04. The summed E-state index contributed by atoms with van der Waals surface area (Å²) < 4.78 is 5.29. The minimum absolute atomic E-state index is 0.154. The van der Waals surface area contributed by atoms with Crippen molar-refractivity contribution in [3.63, 3.8) is 0 Å². The summed E-state index contributed by atoms with van der Waals surface area (Å²) in [4.78, 5) is 10.9. The van der Waals surface area contributed by atoms with Crippen molar-refractivity contribution in [3.8, 4) is 0 Å². The number of rotatable bonds is 1. The lowest BCUT2D eigenvalue weighted by Gasteiger charge is -2.48. The highest BCUT2D eigenvalue weighted by Crippen LogP contribution is 2.62. The van der Waals surface area contributed by atoms with E-state index < -0.39 is 11.6 Å². The van der Waals surface area contributed by atoms with E-state index in [0.29, 0.717) is 18.9 Å². The van der Waals surface area contributed by atoms with Gasteiger partial charge in [0.2, 0.25) is 0 Å². The highest BCUT2D eigenvalue weighted by Gasteiger charge is 2.70. The van der Waals surface area contributed by atoms with E-state index in [4.69, 9.17) is 9.84 Å². The molecule has 0 amide bonds. The number of carboxylic acid groups (broad SMARTS) is 1. The molecule has 2 saturated heterocycles. The molecule has 0 aromatic heterocycles. The third kappa shape index (κ3) is 0.527. The molecule has 2 aliphatic heterocycles. The number of hydrogen-bond donors (Lipinski definition) is 1. The maximum absolute atomic E-state index is 10.9. The first-order valence-electron chi connectivity index (χ1n) is 3.88. The van der Waals surface area contributed by atoms with Crippen LogP contribution in [0.15, 0.2) is 0 Å². The number of ether oxygens (including phenoxy) is 1. The van der Waals surface area contributed by atoms with Crippen molar-refractivity contribution in [2.24, 2.45) is 11.3 Å². The molecular weight excluding hydrogens is 144 g/mol. The lowest BCUT2D eigenvalue weighted by Crippen LogP contribution is -2.59. The molecule has 0 aromatic carbocycles. The molecule has 3 aliphatic rings. The number of fused-ring (bicyclic) bond motifs is 1. The van der Waals surface area contributed by atoms with Gasteiger partial charge in [0.15, 0.2) is 5.60 Å². The van der Waals surface area contributed by atoms with Gasteiger partial charge in [-0.05, 0) is 12.3 Å². The van der Waals surface area contributed by atoms with Crippen LogP contribution in [-0.2, 0) is 9.53 Å². The van der Waals surface area contributed by atoms with Gasteiger partial charge in [-0.1, -0.05) is 13.8 Å². The normalized spacial score (nSPS) is 45.1. The van der Waals surface area contributed by atoms with Gasteiger partial charge in [0.05, 0.1) is 6.61 Å². The Morgan fingerprint density at radius 3 is 2.45 bits per heavy atom. The van der Waals surface area contributed by atoms with Crippen LogP contribution in [0.25, 0.3) is 0 Å². The molecule has 3 nitrogen and oxygen atoms in total. The number of aliphatic carboxylic acids is 1. The molecule has 1 N–H and O–H groups in total. The van der Waals surface area contributed by atoms with Crippen LogP contribution in [0.2, 0.25) is 0 Å². The quantitative estimate of drug-likeness (QED) is 0.613. The van der Waals surface area contributed by atoms with Gasteiger partial charge in [-0.3, -0.25) is 0 Å². The van der Waals surface area contributed by atoms with Gasteiger partial charge in [0, 0.05) is 5.41 Å². The smallest absolute Gasteiger partial charge is 0.336 e. The fraction of sp³-hybridized carbons (Fsp3) is 0.875. The summed E-state index contributed by atoms with van der Waals surface area (Å²) in [6.45, 7) is 4.57. The van der Waals surface area contributed by atoms with Crippen molar-refractivity contribution in [1.82, 2.24) is 0 Å². The Morgan fingerprint density at radius 1 is 1.64 bits per heavy atom. The summed E-state index contributed by atoms with van der Waals surface area (Å²) in [6.07, 6.45) is 0.704. The maximum atomic E-state index is 10.9. The van der Waals surface area contributed by atoms with Gasteiger partial charge in [-0.15, -0.1) is 0 Å². The Balaban J connectivity index is 2.36. The first kappa shape index (κ1) is 7.10. The van der Waals surface area contributed by atoms with E-state index in [1.54, 1.807) is 0 Å². The minimum Gasteiger partial charge on any atom is -0.479 e. The van der Waals surface area contributed by atoms with Crippen molar-refractivity contribution in [2.75, 3.05) is 6.61 Å². The lowest BCUT2D eigenvalue weighted by atomic mass is 9.54. The van der Waals surface area contributed by atoms with E-state index in [0.717, 1.165) is 0 Å². The van der Waals surface area contributed by atoms with Gasteiger partial charge in [-0.25, -0.2) is 4.79 Å². The van der Waals surface area contributed by atoms with E-state index in [1.807, 2.05) is 13.8 Å². The molecule has 0 radical (unpaired) electrons. The molecule has 0 aromatic rings. The molecule has 2 atom stereocenters. The standard InChI is InChI=1S/C8H12O3/c1-7(2)5-3-8(7,6(9)10)11-4-5/h5H,3-4H2,1-2H3,(H,9,10). The third-order valence-corrected chi connectivity index (χ3v) is 3.47. The lowest BCUT2D eigenvalue weighted by molar-refractivity contribution is -0.181. The molecular formula is C8H12O3. The largest absolute Gasteiger partial charge is 0.479 e. The van der Waals surface area contributed by atoms with Gasteiger partial charge in [0.25, 0.3) is 0 Å². The van der Waals surface area contributed by atoms with E-state index >= 15 is 0 Å². The van der Waals surface area contributed by atoms with Gasteiger partial charge in [0.1, 0.15) is 0 Å². The zero-order chi connectivity index (χ0) is 8.28. The van der Waals surface area contributed by atoms with Crippen molar-refractivity contribution >= 4 is 5.97 Å². The predicted molar refractivity (Wildman–Crippen MR) is 38.2 cm³/mol.